The Hall–Kier alpha value is -1.92. The summed E-state index contributed by atoms with van der Waals surface area (Å²) in [5.41, 5.74) is 1.97. The Morgan fingerprint density at radius 3 is 1.92 bits per heavy atom. The number of benzene rings is 2. The molecule has 0 unspecified atom stereocenters. The first-order chi connectivity index (χ1) is 12.5. The fourth-order valence-corrected chi connectivity index (χ4v) is 3.41. The van der Waals surface area contributed by atoms with Crippen molar-refractivity contribution in [3.63, 3.8) is 0 Å². The second kappa shape index (κ2) is 8.18. The van der Waals surface area contributed by atoms with Gasteiger partial charge in [0.2, 0.25) is 0 Å². The zero-order valence-electron chi connectivity index (χ0n) is 14.4. The van der Waals surface area contributed by atoms with Crippen LogP contribution in [0.3, 0.4) is 0 Å². The highest BCUT2D eigenvalue weighted by molar-refractivity contribution is 5.64. The van der Waals surface area contributed by atoms with Crippen LogP contribution in [0.15, 0.2) is 48.5 Å². The fraction of sp³-hybridized carbons (Fsp3) is 0.400. The molecule has 0 bridgehead atoms. The van der Waals surface area contributed by atoms with Gasteiger partial charge < -0.3 is 5.32 Å². The summed E-state index contributed by atoms with van der Waals surface area (Å²) in [6.07, 6.45) is -3.88. The highest BCUT2D eigenvalue weighted by Gasteiger charge is 2.30. The maximum atomic E-state index is 13.0. The van der Waals surface area contributed by atoms with Crippen LogP contribution in [0.25, 0.3) is 11.1 Å². The van der Waals surface area contributed by atoms with E-state index in [4.69, 9.17) is 0 Å². The molecule has 1 atom stereocenters. The van der Waals surface area contributed by atoms with E-state index in [9.17, 15) is 17.6 Å². The van der Waals surface area contributed by atoms with Gasteiger partial charge >= 0.3 is 6.18 Å². The van der Waals surface area contributed by atoms with Gasteiger partial charge in [0.25, 0.3) is 0 Å². The quantitative estimate of drug-likeness (QED) is 0.773. The van der Waals surface area contributed by atoms with Crippen LogP contribution in [-0.4, -0.2) is 37.8 Å². The molecule has 140 valence electrons. The predicted octanol–water partition coefficient (Wildman–Crippen LogP) is 4.68. The van der Waals surface area contributed by atoms with Crippen LogP contribution in [0.4, 0.5) is 17.6 Å². The van der Waals surface area contributed by atoms with Gasteiger partial charge in [-0.1, -0.05) is 36.4 Å². The fourth-order valence-electron chi connectivity index (χ4n) is 3.41. The summed E-state index contributed by atoms with van der Waals surface area (Å²) in [6.45, 7) is 3.17. The number of alkyl halides is 4. The lowest BCUT2D eigenvalue weighted by molar-refractivity contribution is -0.137. The molecule has 26 heavy (non-hydrogen) atoms. The average molecular weight is 366 g/mol. The van der Waals surface area contributed by atoms with Crippen molar-refractivity contribution in [2.24, 2.45) is 0 Å². The van der Waals surface area contributed by atoms with Gasteiger partial charge in [-0.2, -0.15) is 13.2 Å². The molecular weight excluding hydrogens is 344 g/mol. The normalized spacial score (nSPS) is 17.2. The molecule has 0 spiro atoms. The molecule has 0 aromatic heterocycles. The largest absolute Gasteiger partial charge is 0.416 e. The van der Waals surface area contributed by atoms with Crippen LogP contribution in [-0.2, 0) is 6.18 Å². The van der Waals surface area contributed by atoms with E-state index >= 15 is 0 Å². The van der Waals surface area contributed by atoms with Gasteiger partial charge in [0.15, 0.2) is 0 Å². The van der Waals surface area contributed by atoms with Gasteiger partial charge in [-0.25, -0.2) is 0 Å². The first kappa shape index (κ1) is 18.9. The van der Waals surface area contributed by atoms with Crippen molar-refractivity contribution in [2.75, 3.05) is 32.9 Å². The number of rotatable bonds is 5. The maximum Gasteiger partial charge on any atom is 0.416 e. The molecule has 6 heteroatoms. The Balaban J connectivity index is 1.78. The summed E-state index contributed by atoms with van der Waals surface area (Å²) in [5.74, 6) is 0. The smallest absolute Gasteiger partial charge is 0.314 e. The first-order valence-electron chi connectivity index (χ1n) is 8.77. The molecule has 1 aliphatic heterocycles. The third-order valence-corrected chi connectivity index (χ3v) is 4.82. The Labute approximate surface area is 150 Å². The van der Waals surface area contributed by atoms with Crippen molar-refractivity contribution < 1.29 is 17.6 Å². The zero-order chi connectivity index (χ0) is 18.6. The van der Waals surface area contributed by atoms with Crippen molar-refractivity contribution >= 4 is 0 Å². The van der Waals surface area contributed by atoms with E-state index in [1.165, 1.54) is 12.1 Å². The SMILES string of the molecule is FCC[C@H](c1ccc(-c2ccc(C(F)(F)F)cc2)cc1)N1CCNCC1. The predicted molar refractivity (Wildman–Crippen MR) is 94.7 cm³/mol. The van der Waals surface area contributed by atoms with E-state index in [2.05, 4.69) is 10.2 Å². The zero-order valence-corrected chi connectivity index (χ0v) is 14.4. The lowest BCUT2D eigenvalue weighted by atomic mass is 9.97. The number of hydrogen-bond donors (Lipinski definition) is 1. The minimum Gasteiger partial charge on any atom is -0.314 e. The van der Waals surface area contributed by atoms with Crippen molar-refractivity contribution in [2.45, 2.75) is 18.6 Å². The summed E-state index contributed by atoms with van der Waals surface area (Å²) in [6, 6.07) is 12.9. The van der Waals surface area contributed by atoms with Crippen LogP contribution in [0.1, 0.15) is 23.6 Å². The summed E-state index contributed by atoms with van der Waals surface area (Å²) in [5, 5.41) is 3.29. The first-order valence-corrected chi connectivity index (χ1v) is 8.77. The molecule has 1 saturated heterocycles. The van der Waals surface area contributed by atoms with Crippen molar-refractivity contribution in [1.29, 1.82) is 0 Å². The van der Waals surface area contributed by atoms with E-state index in [0.717, 1.165) is 55.0 Å². The second-order valence-electron chi connectivity index (χ2n) is 6.48. The third-order valence-electron chi connectivity index (χ3n) is 4.82. The number of halogens is 4. The van der Waals surface area contributed by atoms with Gasteiger partial charge in [-0.15, -0.1) is 0 Å². The second-order valence-corrected chi connectivity index (χ2v) is 6.48. The Kier molecular flexibility index (Phi) is 5.94. The van der Waals surface area contributed by atoms with Crippen LogP contribution >= 0.6 is 0 Å². The molecular formula is C20H22F4N2. The lowest BCUT2D eigenvalue weighted by Gasteiger charge is -2.35. The molecule has 0 saturated carbocycles. The molecule has 1 aliphatic rings. The molecule has 0 aliphatic carbocycles. The lowest BCUT2D eigenvalue weighted by Crippen LogP contribution is -2.45. The molecule has 1 fully saturated rings. The molecule has 2 aromatic carbocycles. The van der Waals surface area contributed by atoms with Gasteiger partial charge in [-0.3, -0.25) is 9.29 Å². The summed E-state index contributed by atoms with van der Waals surface area (Å²) in [4.78, 5) is 2.28. The van der Waals surface area contributed by atoms with Crippen molar-refractivity contribution in [3.8, 4) is 11.1 Å². The van der Waals surface area contributed by atoms with E-state index in [-0.39, 0.29) is 12.7 Å². The number of nitrogens with one attached hydrogen (secondary N) is 1. The molecule has 3 rings (SSSR count). The van der Waals surface area contributed by atoms with Crippen LogP contribution in [0, 0.1) is 0 Å². The summed E-state index contributed by atoms with van der Waals surface area (Å²) >= 11 is 0. The van der Waals surface area contributed by atoms with Crippen molar-refractivity contribution in [3.05, 3.63) is 59.7 Å². The Morgan fingerprint density at radius 1 is 0.885 bits per heavy atom. The molecule has 2 nitrogen and oxygen atoms in total. The Bertz CT molecular complexity index is 689. The minimum atomic E-state index is -4.33. The van der Waals surface area contributed by atoms with E-state index < -0.39 is 11.7 Å². The summed E-state index contributed by atoms with van der Waals surface area (Å²) in [7, 11) is 0. The standard InChI is InChI=1S/C20H22F4N2/c21-10-9-19(26-13-11-25-12-14-26)17-3-1-15(2-4-17)16-5-7-18(8-6-16)20(22,23)24/h1-8,19,25H,9-14H2/t19-/m1/s1. The molecule has 1 N–H and O–H groups in total. The van der Waals surface area contributed by atoms with E-state index in [1.807, 2.05) is 24.3 Å². The molecule has 1 heterocycles. The van der Waals surface area contributed by atoms with Crippen LogP contribution < -0.4 is 5.32 Å². The van der Waals surface area contributed by atoms with Crippen LogP contribution in [0.2, 0.25) is 0 Å². The topological polar surface area (TPSA) is 15.3 Å². The van der Waals surface area contributed by atoms with Crippen molar-refractivity contribution in [1.82, 2.24) is 10.2 Å². The monoisotopic (exact) mass is 366 g/mol. The van der Waals surface area contributed by atoms with E-state index in [1.54, 1.807) is 0 Å². The molecule has 2 aromatic rings. The highest BCUT2D eigenvalue weighted by atomic mass is 19.4. The average Bonchev–Trinajstić information content (AvgIpc) is 2.66. The van der Waals surface area contributed by atoms with E-state index in [0.29, 0.717) is 6.42 Å². The Morgan fingerprint density at radius 2 is 1.42 bits per heavy atom. The van der Waals surface area contributed by atoms with Gasteiger partial charge in [0.1, 0.15) is 0 Å². The molecule has 0 amide bonds. The van der Waals surface area contributed by atoms with Crippen LogP contribution in [0.5, 0.6) is 0 Å². The minimum absolute atomic E-state index is 0.0313. The number of nitrogens with zero attached hydrogens (tertiary/aromatic N) is 1. The number of hydrogen-bond acceptors (Lipinski definition) is 2. The van der Waals surface area contributed by atoms with Gasteiger partial charge in [0, 0.05) is 32.2 Å². The highest BCUT2D eigenvalue weighted by Crippen LogP contribution is 2.32. The van der Waals surface area contributed by atoms with Gasteiger partial charge in [-0.05, 0) is 35.2 Å². The van der Waals surface area contributed by atoms with Gasteiger partial charge in [0.05, 0.1) is 12.2 Å². The number of piperazine rings is 1. The maximum absolute atomic E-state index is 13.0. The summed E-state index contributed by atoms with van der Waals surface area (Å²) < 4.78 is 51.0. The third kappa shape index (κ3) is 4.43. The molecule has 0 radical (unpaired) electrons.